The number of nitrogens with one attached hydrogen (secondary N) is 2. The molecule has 2 saturated heterocycles. The van der Waals surface area contributed by atoms with Crippen molar-refractivity contribution in [3.05, 3.63) is 125 Å². The summed E-state index contributed by atoms with van der Waals surface area (Å²) in [7, 11) is 0. The molecule has 68 heavy (non-hydrogen) atoms. The largest absolute Gasteiger partial charge is 0.463 e. The first-order chi connectivity index (χ1) is 32.4. The molecule has 3 unspecified atom stereocenters. The van der Waals surface area contributed by atoms with E-state index in [2.05, 4.69) is 30.6 Å². The highest BCUT2D eigenvalue weighted by atomic mass is 35.5. The molecule has 0 radical (unpaired) electrons. The third-order valence-corrected chi connectivity index (χ3v) is 13.3. The van der Waals surface area contributed by atoms with Gasteiger partial charge in [-0.15, -0.1) is 22.7 Å². The summed E-state index contributed by atoms with van der Waals surface area (Å²) in [6.07, 6.45) is -0.507. The number of alkyl halides is 4. The quantitative estimate of drug-likeness (QED) is 0.0840. The number of piperidine rings is 2. The molecule has 0 amide bonds. The molecule has 4 aliphatic heterocycles. The van der Waals surface area contributed by atoms with Gasteiger partial charge in [0.2, 0.25) is 0 Å². The molecule has 0 bridgehead atoms. The normalized spacial score (nSPS) is 22.8. The standard InChI is InChI=1S/2C22H22ClF3N4O3S/c2*1-2-33-21(32)17-15(10-30-7-5-16(31)22(25,26)11-30)28-19(20-27-6-8-34-20)29-18(17)13-4-3-12(24)9-14(13)23/h2*3-4,6,8-9,16,18,31H,2,5,7,10-11H2,1H3,(H,28,29)/t16-,18?;/m1./s1. The Morgan fingerprint density at radius 3 is 1.44 bits per heavy atom. The highest BCUT2D eigenvalue weighted by molar-refractivity contribution is 7.12. The van der Waals surface area contributed by atoms with Gasteiger partial charge in [-0.3, -0.25) is 19.8 Å². The topological polar surface area (TPSA) is 174 Å². The van der Waals surface area contributed by atoms with E-state index >= 15 is 0 Å². The molecule has 14 nitrogen and oxygen atoms in total. The van der Waals surface area contributed by atoms with Crippen molar-refractivity contribution in [2.24, 2.45) is 9.98 Å². The van der Waals surface area contributed by atoms with E-state index in [1.54, 1.807) is 37.0 Å². The van der Waals surface area contributed by atoms with Gasteiger partial charge in [-0.25, -0.2) is 45.9 Å². The van der Waals surface area contributed by atoms with E-state index in [1.807, 2.05) is 0 Å². The van der Waals surface area contributed by atoms with Gasteiger partial charge in [-0.1, -0.05) is 35.3 Å². The van der Waals surface area contributed by atoms with Gasteiger partial charge in [0.15, 0.2) is 21.7 Å². The molecule has 2 aromatic heterocycles. The van der Waals surface area contributed by atoms with Crippen LogP contribution in [0.5, 0.6) is 0 Å². The Bertz CT molecular complexity index is 2430. The van der Waals surface area contributed by atoms with Crippen LogP contribution < -0.4 is 10.6 Å². The molecule has 4 N–H and O–H groups in total. The number of aliphatic imine (C=N–C) groups is 2. The average Bonchev–Trinajstić information content (AvgIpc) is 4.03. The van der Waals surface area contributed by atoms with E-state index in [0.717, 1.165) is 12.1 Å². The summed E-state index contributed by atoms with van der Waals surface area (Å²) in [6.45, 7) is 2.37. The number of nitrogens with zero attached hydrogens (tertiary/aromatic N) is 6. The minimum absolute atomic E-state index is 0.0583. The summed E-state index contributed by atoms with van der Waals surface area (Å²) < 4.78 is 94.8. The Balaban J connectivity index is 0.000000201. The summed E-state index contributed by atoms with van der Waals surface area (Å²) >= 11 is 15.2. The van der Waals surface area contributed by atoms with Gasteiger partial charge < -0.3 is 30.3 Å². The fourth-order valence-electron chi connectivity index (χ4n) is 7.85. The lowest BCUT2D eigenvalue weighted by Gasteiger charge is -2.37. The molecule has 24 heteroatoms. The number of ether oxygens (including phenoxy) is 2. The zero-order valence-corrected chi connectivity index (χ0v) is 39.3. The number of hydrogen-bond donors (Lipinski definition) is 4. The number of carbonyl (C=O) groups is 2. The third kappa shape index (κ3) is 11.7. The van der Waals surface area contributed by atoms with E-state index in [4.69, 9.17) is 32.7 Å². The van der Waals surface area contributed by atoms with Crippen LogP contribution in [0.25, 0.3) is 0 Å². The Kier molecular flexibility index (Phi) is 16.3. The number of aromatic nitrogens is 2. The Morgan fingerprint density at radius 2 is 1.12 bits per heavy atom. The number of esters is 2. The second-order valence-electron chi connectivity index (χ2n) is 15.8. The molecule has 0 saturated carbocycles. The summed E-state index contributed by atoms with van der Waals surface area (Å²) in [5, 5.41) is 30.1. The fourth-order valence-corrected chi connectivity index (χ4v) is 9.56. The highest BCUT2D eigenvalue weighted by Gasteiger charge is 2.46. The lowest BCUT2D eigenvalue weighted by molar-refractivity contribution is -0.148. The van der Waals surface area contributed by atoms with Gasteiger partial charge in [0.25, 0.3) is 11.8 Å². The summed E-state index contributed by atoms with van der Waals surface area (Å²) in [4.78, 5) is 46.8. The van der Waals surface area contributed by atoms with Crippen LogP contribution in [0.2, 0.25) is 10.0 Å². The number of aliphatic hydroxyl groups is 2. The van der Waals surface area contributed by atoms with Crippen LogP contribution in [-0.2, 0) is 19.1 Å². The molecule has 4 aromatic rings. The van der Waals surface area contributed by atoms with E-state index in [9.17, 15) is 46.1 Å². The van der Waals surface area contributed by atoms with Crippen molar-refractivity contribution in [2.75, 3.05) is 52.5 Å². The van der Waals surface area contributed by atoms with Crippen LogP contribution in [0.4, 0.5) is 26.3 Å². The van der Waals surface area contributed by atoms with Gasteiger partial charge in [0.05, 0.1) is 37.4 Å². The van der Waals surface area contributed by atoms with E-state index < -0.39 is 72.8 Å². The number of carbonyl (C=O) groups excluding carboxylic acids is 2. The maximum absolute atomic E-state index is 14.2. The SMILES string of the molecule is CCOC(=O)C1=C(CN2CCC(O)C(F)(F)C2)NC(c2nccs2)=NC1c1ccc(F)cc1Cl.CCOC(=O)C1=C(CN2CC[C@@H](O)C(F)(F)C2)NC(c2nccs2)=NC1c1ccc(F)cc1Cl. The molecule has 0 aliphatic carbocycles. The maximum atomic E-state index is 14.2. The van der Waals surface area contributed by atoms with Crippen molar-refractivity contribution in [2.45, 2.75) is 62.8 Å². The smallest absolute Gasteiger partial charge is 0.338 e. The number of halogens is 8. The third-order valence-electron chi connectivity index (χ3n) is 11.1. The molecule has 0 spiro atoms. The molecule has 6 heterocycles. The first-order valence-electron chi connectivity index (χ1n) is 21.1. The van der Waals surface area contributed by atoms with Crippen molar-refractivity contribution < 1.29 is 55.6 Å². The fraction of sp³-hybridized carbons (Fsp3) is 0.409. The highest BCUT2D eigenvalue weighted by Crippen LogP contribution is 2.40. The average molecular weight is 1030 g/mol. The van der Waals surface area contributed by atoms with Crippen LogP contribution in [-0.4, -0.2) is 130 Å². The molecule has 4 atom stereocenters. The maximum Gasteiger partial charge on any atom is 0.338 e. The molecule has 2 fully saturated rings. The Hall–Kier alpha value is -4.94. The molecule has 4 aliphatic rings. The van der Waals surface area contributed by atoms with Crippen molar-refractivity contribution in [3.63, 3.8) is 0 Å². The first kappa shape index (κ1) is 50.9. The lowest BCUT2D eigenvalue weighted by Crippen LogP contribution is -2.53. The second kappa shape index (κ2) is 21.8. The number of likely N-dealkylation sites (tertiary alicyclic amines) is 2. The number of amidine groups is 2. The van der Waals surface area contributed by atoms with Crippen LogP contribution in [0, 0.1) is 11.6 Å². The number of thiazole rings is 2. The molecule has 8 rings (SSSR count). The predicted octanol–water partition coefficient (Wildman–Crippen LogP) is 7.09. The zero-order chi connectivity index (χ0) is 48.9. The van der Waals surface area contributed by atoms with Gasteiger partial charge in [0, 0.05) is 81.9 Å². The molecule has 2 aromatic carbocycles. The Labute approximate surface area is 404 Å². The van der Waals surface area contributed by atoms with Crippen LogP contribution in [0.15, 0.2) is 92.1 Å². The van der Waals surface area contributed by atoms with Crippen molar-refractivity contribution >= 4 is 69.5 Å². The van der Waals surface area contributed by atoms with Gasteiger partial charge in [-0.2, -0.15) is 0 Å². The minimum Gasteiger partial charge on any atom is -0.463 e. The summed E-state index contributed by atoms with van der Waals surface area (Å²) in [5.74, 6) is -8.42. The minimum atomic E-state index is -3.29. The monoisotopic (exact) mass is 1030 g/mol. The predicted molar refractivity (Wildman–Crippen MR) is 243 cm³/mol. The molecular formula is C44H44Cl2F6N8O6S2. The van der Waals surface area contributed by atoms with Gasteiger partial charge in [0.1, 0.15) is 35.9 Å². The number of hydrogen-bond acceptors (Lipinski definition) is 16. The van der Waals surface area contributed by atoms with Crippen molar-refractivity contribution in [1.82, 2.24) is 30.4 Å². The second-order valence-corrected chi connectivity index (χ2v) is 18.4. The molecular weight excluding hydrogens is 986 g/mol. The zero-order valence-electron chi connectivity index (χ0n) is 36.2. The van der Waals surface area contributed by atoms with Gasteiger partial charge >= 0.3 is 11.9 Å². The van der Waals surface area contributed by atoms with E-state index in [0.29, 0.717) is 44.2 Å². The number of benzene rings is 2. The van der Waals surface area contributed by atoms with E-state index in [1.165, 1.54) is 56.7 Å². The van der Waals surface area contributed by atoms with Crippen LogP contribution in [0.1, 0.15) is 59.9 Å². The number of aliphatic hydroxyl groups excluding tert-OH is 2. The number of rotatable bonds is 12. The van der Waals surface area contributed by atoms with E-state index in [-0.39, 0.29) is 73.4 Å². The van der Waals surface area contributed by atoms with Gasteiger partial charge in [-0.05, 0) is 51.0 Å². The van der Waals surface area contributed by atoms with Crippen molar-refractivity contribution in [1.29, 1.82) is 0 Å². The summed E-state index contributed by atoms with van der Waals surface area (Å²) in [5.41, 5.74) is 1.50. The molecule has 364 valence electrons. The first-order valence-corrected chi connectivity index (χ1v) is 23.7. The van der Waals surface area contributed by atoms with Crippen LogP contribution >= 0.6 is 45.9 Å². The Morgan fingerprint density at radius 1 is 0.721 bits per heavy atom. The summed E-state index contributed by atoms with van der Waals surface area (Å²) in [6, 6.07) is 5.56. The van der Waals surface area contributed by atoms with Crippen molar-refractivity contribution in [3.8, 4) is 0 Å². The van der Waals surface area contributed by atoms with Crippen LogP contribution in [0.3, 0.4) is 0 Å². The lowest BCUT2D eigenvalue weighted by atomic mass is 9.94.